The molecule has 2 N–H and O–H groups in total. The summed E-state index contributed by atoms with van der Waals surface area (Å²) in [6.45, 7) is 5.95. The molecule has 0 saturated carbocycles. The zero-order valence-electron chi connectivity index (χ0n) is 23.4. The third-order valence-electron chi connectivity index (χ3n) is 7.90. The van der Waals surface area contributed by atoms with Crippen molar-refractivity contribution < 1.29 is 28.9 Å². The summed E-state index contributed by atoms with van der Waals surface area (Å²) in [5.41, 5.74) is 1.37. The van der Waals surface area contributed by atoms with E-state index in [2.05, 4.69) is 24.1 Å². The maximum Gasteiger partial charge on any atom is 0.220 e. The quantitative estimate of drug-likeness (QED) is 0.282. The van der Waals surface area contributed by atoms with Crippen LogP contribution in [0.25, 0.3) is 0 Å². The van der Waals surface area contributed by atoms with Gasteiger partial charge < -0.3 is 24.6 Å². The van der Waals surface area contributed by atoms with E-state index in [1.54, 1.807) is 31.4 Å². The minimum absolute atomic E-state index is 0.0856. The number of hydrogen-bond acceptors (Lipinski definition) is 7. The Hall–Kier alpha value is -3.10. The molecule has 0 spiro atoms. The summed E-state index contributed by atoms with van der Waals surface area (Å²) in [4.78, 5) is 27.8. The summed E-state index contributed by atoms with van der Waals surface area (Å²) in [7, 11) is 1.60. The number of nitrogens with zero attached hydrogens (tertiary/aromatic N) is 1. The van der Waals surface area contributed by atoms with Gasteiger partial charge in [-0.2, -0.15) is 0 Å². The van der Waals surface area contributed by atoms with Gasteiger partial charge in [0.05, 0.1) is 13.2 Å². The molecule has 0 aromatic heterocycles. The summed E-state index contributed by atoms with van der Waals surface area (Å²) in [6.07, 6.45) is 4.33. The van der Waals surface area contributed by atoms with Crippen LogP contribution >= 0.6 is 0 Å². The smallest absolute Gasteiger partial charge is 0.220 e. The summed E-state index contributed by atoms with van der Waals surface area (Å²) in [5.74, 6) is 2.03. The molecule has 0 unspecified atom stereocenters. The van der Waals surface area contributed by atoms with Gasteiger partial charge in [0.1, 0.15) is 25.1 Å². The van der Waals surface area contributed by atoms with Crippen molar-refractivity contribution in [2.75, 3.05) is 26.9 Å². The van der Waals surface area contributed by atoms with E-state index >= 15 is 0 Å². The van der Waals surface area contributed by atoms with Gasteiger partial charge >= 0.3 is 0 Å². The second kappa shape index (κ2) is 13.8. The van der Waals surface area contributed by atoms with Crippen LogP contribution in [0.15, 0.2) is 42.5 Å². The molecule has 8 heteroatoms. The number of hydrogen-bond donors (Lipinski definition) is 2. The summed E-state index contributed by atoms with van der Waals surface area (Å²) < 4.78 is 16.5. The Labute approximate surface area is 231 Å². The number of amides is 1. The standard InChI is InChI=1S/C31H42N2O6/c1-21-9-10-22(2)33(21)20-26(31(36)24-13-16-28-29(19-24)39-18-17-38-28)32-30(35)8-6-4-5-7-27(34)23-11-14-25(37-3)15-12-23/h11-16,19,21-22,26,31,36H,4-10,17-18,20H2,1-3H3,(H,32,35)/t21-,22+,26-,31-/m1/s1. The van der Waals surface area contributed by atoms with E-state index in [0.717, 1.165) is 31.4 Å². The highest BCUT2D eigenvalue weighted by Crippen LogP contribution is 2.34. The molecule has 1 saturated heterocycles. The molecule has 4 rings (SSSR count). The number of nitrogens with one attached hydrogen (secondary N) is 1. The summed E-state index contributed by atoms with van der Waals surface area (Å²) in [5, 5.41) is 14.5. The Morgan fingerprint density at radius 3 is 2.33 bits per heavy atom. The van der Waals surface area contributed by atoms with Crippen LogP contribution in [0.4, 0.5) is 0 Å². The topological polar surface area (TPSA) is 97.3 Å². The number of ether oxygens (including phenoxy) is 3. The van der Waals surface area contributed by atoms with Crippen LogP contribution in [0, 0.1) is 0 Å². The Balaban J connectivity index is 1.30. The van der Waals surface area contributed by atoms with Crippen molar-refractivity contribution in [3.8, 4) is 17.2 Å². The number of aliphatic hydroxyl groups is 1. The molecule has 0 radical (unpaired) electrons. The molecule has 2 aliphatic heterocycles. The number of carbonyl (C=O) groups excluding carboxylic acids is 2. The van der Waals surface area contributed by atoms with Crippen LogP contribution < -0.4 is 19.5 Å². The first kappa shape index (κ1) is 28.9. The third kappa shape index (κ3) is 7.73. The first-order valence-corrected chi connectivity index (χ1v) is 14.2. The van der Waals surface area contributed by atoms with E-state index in [1.165, 1.54) is 0 Å². The number of carbonyl (C=O) groups is 2. The fourth-order valence-electron chi connectivity index (χ4n) is 5.48. The predicted octanol–water partition coefficient (Wildman–Crippen LogP) is 4.69. The number of Topliss-reactive ketones (excluding diaryl/α,β-unsaturated/α-hetero) is 1. The van der Waals surface area contributed by atoms with E-state index in [0.29, 0.717) is 73.7 Å². The summed E-state index contributed by atoms with van der Waals surface area (Å²) >= 11 is 0. The molecular formula is C31H42N2O6. The highest BCUT2D eigenvalue weighted by molar-refractivity contribution is 5.96. The van der Waals surface area contributed by atoms with Crippen LogP contribution in [0.5, 0.6) is 17.2 Å². The van der Waals surface area contributed by atoms with E-state index in [4.69, 9.17) is 14.2 Å². The SMILES string of the molecule is COc1ccc(C(=O)CCCCCC(=O)N[C@H](CN2[C@H](C)CC[C@@H]2C)[C@H](O)c2ccc3c(c2)OCCO3)cc1. The Kier molecular flexibility index (Phi) is 10.2. The van der Waals surface area contributed by atoms with E-state index in [-0.39, 0.29) is 11.7 Å². The molecule has 4 atom stereocenters. The molecule has 39 heavy (non-hydrogen) atoms. The lowest BCUT2D eigenvalue weighted by Gasteiger charge is -2.33. The molecule has 1 amide bonds. The highest BCUT2D eigenvalue weighted by Gasteiger charge is 2.33. The maximum absolute atomic E-state index is 13.0. The lowest BCUT2D eigenvalue weighted by Crippen LogP contribution is -2.49. The van der Waals surface area contributed by atoms with Gasteiger partial charge in [-0.25, -0.2) is 0 Å². The van der Waals surface area contributed by atoms with Gasteiger partial charge in [0.15, 0.2) is 17.3 Å². The van der Waals surface area contributed by atoms with Crippen LogP contribution in [0.1, 0.15) is 80.8 Å². The minimum atomic E-state index is -0.883. The Morgan fingerprint density at radius 2 is 1.64 bits per heavy atom. The lowest BCUT2D eigenvalue weighted by molar-refractivity contribution is -0.123. The van der Waals surface area contributed by atoms with E-state index in [9.17, 15) is 14.7 Å². The van der Waals surface area contributed by atoms with Crippen molar-refractivity contribution in [2.45, 2.75) is 83.0 Å². The van der Waals surface area contributed by atoms with Gasteiger partial charge in [0.2, 0.25) is 5.91 Å². The van der Waals surface area contributed by atoms with Gasteiger partial charge in [-0.05, 0) is 81.5 Å². The van der Waals surface area contributed by atoms with Crippen molar-refractivity contribution in [3.63, 3.8) is 0 Å². The largest absolute Gasteiger partial charge is 0.497 e. The fourth-order valence-corrected chi connectivity index (χ4v) is 5.48. The second-order valence-corrected chi connectivity index (χ2v) is 10.7. The zero-order valence-corrected chi connectivity index (χ0v) is 23.4. The van der Waals surface area contributed by atoms with Gasteiger partial charge in [0.25, 0.3) is 0 Å². The average Bonchev–Trinajstić information content (AvgIpc) is 3.28. The van der Waals surface area contributed by atoms with Gasteiger partial charge in [0, 0.05) is 37.0 Å². The molecule has 1 fully saturated rings. The number of aliphatic hydroxyl groups excluding tert-OH is 1. The van der Waals surface area contributed by atoms with E-state index < -0.39 is 12.1 Å². The zero-order chi connectivity index (χ0) is 27.8. The first-order valence-electron chi connectivity index (χ1n) is 14.2. The maximum atomic E-state index is 13.0. The molecule has 2 aliphatic rings. The summed E-state index contributed by atoms with van der Waals surface area (Å²) in [6, 6.07) is 13.0. The average molecular weight is 539 g/mol. The third-order valence-corrected chi connectivity index (χ3v) is 7.90. The number of methoxy groups -OCH3 is 1. The van der Waals surface area contributed by atoms with Gasteiger partial charge in [-0.1, -0.05) is 12.5 Å². The van der Waals surface area contributed by atoms with Gasteiger partial charge in [-0.15, -0.1) is 0 Å². The van der Waals surface area contributed by atoms with Crippen LogP contribution in [-0.4, -0.2) is 66.7 Å². The molecule has 0 aliphatic carbocycles. The number of rotatable bonds is 13. The molecule has 0 bridgehead atoms. The molecule has 212 valence electrons. The number of ketones is 1. The van der Waals surface area contributed by atoms with Crippen LogP contribution in [-0.2, 0) is 4.79 Å². The van der Waals surface area contributed by atoms with Crippen LogP contribution in [0.2, 0.25) is 0 Å². The van der Waals surface area contributed by atoms with Crippen molar-refractivity contribution in [3.05, 3.63) is 53.6 Å². The first-order chi connectivity index (χ1) is 18.9. The minimum Gasteiger partial charge on any atom is -0.497 e. The monoisotopic (exact) mass is 538 g/mol. The number of likely N-dealkylation sites (tertiary alicyclic amines) is 1. The second-order valence-electron chi connectivity index (χ2n) is 10.7. The van der Waals surface area contributed by atoms with Crippen molar-refractivity contribution in [2.24, 2.45) is 0 Å². The predicted molar refractivity (Wildman–Crippen MR) is 150 cm³/mol. The van der Waals surface area contributed by atoms with Crippen LogP contribution in [0.3, 0.4) is 0 Å². The van der Waals surface area contributed by atoms with Crippen molar-refractivity contribution >= 4 is 11.7 Å². The van der Waals surface area contributed by atoms with Crippen molar-refractivity contribution in [1.29, 1.82) is 0 Å². The molecule has 8 nitrogen and oxygen atoms in total. The number of fused-ring (bicyclic) bond motifs is 1. The molecular weight excluding hydrogens is 496 g/mol. The normalized spacial score (nSPS) is 20.3. The Morgan fingerprint density at radius 1 is 0.974 bits per heavy atom. The number of unbranched alkanes of at least 4 members (excludes halogenated alkanes) is 2. The fraction of sp³-hybridized carbons (Fsp3) is 0.548. The molecule has 2 aromatic carbocycles. The van der Waals surface area contributed by atoms with Crippen molar-refractivity contribution in [1.82, 2.24) is 10.2 Å². The van der Waals surface area contributed by atoms with Gasteiger partial charge in [-0.3, -0.25) is 14.5 Å². The molecule has 2 heterocycles. The van der Waals surface area contributed by atoms with E-state index in [1.807, 2.05) is 18.2 Å². The number of benzene rings is 2. The lowest BCUT2D eigenvalue weighted by atomic mass is 9.99. The highest BCUT2D eigenvalue weighted by atomic mass is 16.6. The molecule has 2 aromatic rings. The Bertz CT molecular complexity index is 1090.